The number of aromatic amines is 1. The summed E-state index contributed by atoms with van der Waals surface area (Å²) in [5.74, 6) is -0.329. The highest BCUT2D eigenvalue weighted by Crippen LogP contribution is 2.30. The number of nitrogens with one attached hydrogen (secondary N) is 2. The number of benzene rings is 2. The van der Waals surface area contributed by atoms with E-state index in [0.717, 1.165) is 16.5 Å². The van der Waals surface area contributed by atoms with Gasteiger partial charge in [-0.15, -0.1) is 0 Å². The number of hydrogen-bond acceptors (Lipinski definition) is 4. The first-order valence-corrected chi connectivity index (χ1v) is 8.10. The largest absolute Gasteiger partial charge is 0.547 e. The zero-order valence-electron chi connectivity index (χ0n) is 13.4. The van der Waals surface area contributed by atoms with Gasteiger partial charge in [0.25, 0.3) is 5.91 Å². The summed E-state index contributed by atoms with van der Waals surface area (Å²) in [7, 11) is -1.17. The summed E-state index contributed by atoms with van der Waals surface area (Å²) < 4.78 is 5.54. The van der Waals surface area contributed by atoms with Gasteiger partial charge in [-0.3, -0.25) is 4.79 Å². The van der Waals surface area contributed by atoms with E-state index in [4.69, 9.17) is 4.65 Å². The number of aliphatic hydroxyl groups excluding tert-OH is 1. The van der Waals surface area contributed by atoms with Gasteiger partial charge < -0.3 is 25.1 Å². The third-order valence-corrected chi connectivity index (χ3v) is 4.50. The van der Waals surface area contributed by atoms with Gasteiger partial charge >= 0.3 is 7.12 Å². The van der Waals surface area contributed by atoms with Crippen LogP contribution in [0.25, 0.3) is 10.9 Å². The minimum Gasteiger partial charge on any atom is -0.534 e. The Morgan fingerprint density at radius 3 is 3.04 bits per heavy atom. The van der Waals surface area contributed by atoms with Crippen molar-refractivity contribution in [1.29, 1.82) is 0 Å². The zero-order chi connectivity index (χ0) is 17.4. The van der Waals surface area contributed by atoms with Gasteiger partial charge in [0.15, 0.2) is 0 Å². The van der Waals surface area contributed by atoms with Crippen LogP contribution in [0.2, 0.25) is 0 Å². The van der Waals surface area contributed by atoms with Gasteiger partial charge in [-0.25, -0.2) is 0 Å². The number of para-hydroxylation sites is 1. The SMILES string of the molecule is O=C(N[C@H]1Cc2cccc(CO)c2OB1O)c1ccc2[nH]ccc2c1. The summed E-state index contributed by atoms with van der Waals surface area (Å²) in [5, 5.41) is 23.4. The molecule has 0 bridgehead atoms. The van der Waals surface area contributed by atoms with Crippen LogP contribution in [0.15, 0.2) is 48.7 Å². The Morgan fingerprint density at radius 1 is 1.32 bits per heavy atom. The van der Waals surface area contributed by atoms with Crippen molar-refractivity contribution < 1.29 is 19.6 Å². The van der Waals surface area contributed by atoms with Crippen molar-refractivity contribution in [2.45, 2.75) is 19.0 Å². The van der Waals surface area contributed by atoms with Gasteiger partial charge in [-0.2, -0.15) is 0 Å². The molecule has 0 fully saturated rings. The molecule has 0 saturated heterocycles. The number of carbonyl (C=O) groups excluding carboxylic acids is 1. The highest BCUT2D eigenvalue weighted by atomic mass is 16.5. The van der Waals surface area contributed by atoms with Crippen LogP contribution < -0.4 is 9.97 Å². The van der Waals surface area contributed by atoms with Gasteiger partial charge in [-0.05, 0) is 36.2 Å². The molecule has 2 aromatic carbocycles. The molecule has 25 heavy (non-hydrogen) atoms. The van der Waals surface area contributed by atoms with Crippen LogP contribution in [0, 0.1) is 0 Å². The van der Waals surface area contributed by atoms with E-state index in [1.54, 1.807) is 18.2 Å². The molecule has 4 rings (SSSR count). The first-order valence-electron chi connectivity index (χ1n) is 8.10. The van der Waals surface area contributed by atoms with E-state index in [1.807, 2.05) is 30.5 Å². The minimum atomic E-state index is -1.17. The second-order valence-electron chi connectivity index (χ2n) is 6.14. The number of H-pyrrole nitrogens is 1. The predicted molar refractivity (Wildman–Crippen MR) is 94.2 cm³/mol. The number of amides is 1. The molecule has 4 N–H and O–H groups in total. The second-order valence-corrected chi connectivity index (χ2v) is 6.14. The molecule has 1 aliphatic heterocycles. The van der Waals surface area contributed by atoms with Gasteiger partial charge in [0.2, 0.25) is 0 Å². The van der Waals surface area contributed by atoms with E-state index < -0.39 is 13.1 Å². The van der Waals surface area contributed by atoms with Crippen LogP contribution >= 0.6 is 0 Å². The van der Waals surface area contributed by atoms with Crippen molar-refractivity contribution in [2.24, 2.45) is 0 Å². The van der Waals surface area contributed by atoms with E-state index in [1.165, 1.54) is 0 Å². The maximum Gasteiger partial charge on any atom is 0.547 e. The number of rotatable bonds is 3. The summed E-state index contributed by atoms with van der Waals surface area (Å²) in [6.07, 6.45) is 2.25. The fourth-order valence-corrected chi connectivity index (χ4v) is 3.18. The van der Waals surface area contributed by atoms with Crippen LogP contribution in [0.4, 0.5) is 0 Å². The smallest absolute Gasteiger partial charge is 0.534 e. The van der Waals surface area contributed by atoms with Crippen LogP contribution in [-0.2, 0) is 13.0 Å². The van der Waals surface area contributed by atoms with Crippen molar-refractivity contribution in [3.8, 4) is 5.75 Å². The highest BCUT2D eigenvalue weighted by Gasteiger charge is 2.36. The molecule has 1 aromatic heterocycles. The van der Waals surface area contributed by atoms with Crippen molar-refractivity contribution in [3.63, 3.8) is 0 Å². The Labute approximate surface area is 144 Å². The molecule has 0 saturated carbocycles. The summed E-state index contributed by atoms with van der Waals surface area (Å²) in [5.41, 5.74) is 2.96. The maximum atomic E-state index is 12.5. The highest BCUT2D eigenvalue weighted by molar-refractivity contribution is 6.47. The van der Waals surface area contributed by atoms with E-state index in [0.29, 0.717) is 23.3 Å². The molecule has 6 nitrogen and oxygen atoms in total. The Hall–Kier alpha value is -2.77. The minimum absolute atomic E-state index is 0.163. The molecular weight excluding hydrogens is 319 g/mol. The lowest BCUT2D eigenvalue weighted by atomic mass is 9.72. The summed E-state index contributed by atoms with van der Waals surface area (Å²) >= 11 is 0. The predicted octanol–water partition coefficient (Wildman–Crippen LogP) is 1.41. The second kappa shape index (κ2) is 6.27. The number of hydrogen-bond donors (Lipinski definition) is 4. The maximum absolute atomic E-state index is 12.5. The van der Waals surface area contributed by atoms with Crippen LogP contribution in [-0.4, -0.2) is 34.1 Å². The first kappa shape index (κ1) is 15.7. The Balaban J connectivity index is 1.54. The molecule has 0 unspecified atom stereocenters. The Kier molecular flexibility index (Phi) is 3.95. The van der Waals surface area contributed by atoms with Crippen molar-refractivity contribution in [1.82, 2.24) is 10.3 Å². The molecule has 1 amide bonds. The van der Waals surface area contributed by atoms with Crippen LogP contribution in [0.1, 0.15) is 21.5 Å². The lowest BCUT2D eigenvalue weighted by molar-refractivity contribution is 0.0941. The van der Waals surface area contributed by atoms with Crippen molar-refractivity contribution >= 4 is 23.9 Å². The van der Waals surface area contributed by atoms with Crippen LogP contribution in [0.3, 0.4) is 0 Å². The normalized spacial score (nSPS) is 16.4. The van der Waals surface area contributed by atoms with Gasteiger partial charge in [0.1, 0.15) is 5.75 Å². The van der Waals surface area contributed by atoms with Gasteiger partial charge in [0.05, 0.1) is 12.5 Å². The Morgan fingerprint density at radius 2 is 2.20 bits per heavy atom. The fraction of sp³-hybridized carbons (Fsp3) is 0.167. The third-order valence-electron chi connectivity index (χ3n) is 4.50. The molecule has 0 aliphatic carbocycles. The van der Waals surface area contributed by atoms with E-state index >= 15 is 0 Å². The number of aliphatic hydroxyl groups is 1. The molecule has 2 heterocycles. The molecule has 1 atom stereocenters. The van der Waals surface area contributed by atoms with Crippen molar-refractivity contribution in [2.75, 3.05) is 0 Å². The number of carbonyl (C=O) groups is 1. The van der Waals surface area contributed by atoms with E-state index in [-0.39, 0.29) is 12.5 Å². The lowest BCUT2D eigenvalue weighted by Gasteiger charge is -2.29. The van der Waals surface area contributed by atoms with Gasteiger partial charge in [0, 0.05) is 28.2 Å². The third kappa shape index (κ3) is 2.88. The molecular formula is C18H17BN2O4. The zero-order valence-corrected chi connectivity index (χ0v) is 13.4. The number of aromatic nitrogens is 1. The molecule has 1 aliphatic rings. The monoisotopic (exact) mass is 336 g/mol. The molecule has 0 radical (unpaired) electrons. The van der Waals surface area contributed by atoms with Gasteiger partial charge in [-0.1, -0.05) is 18.2 Å². The van der Waals surface area contributed by atoms with E-state index in [9.17, 15) is 14.9 Å². The lowest BCUT2D eigenvalue weighted by Crippen LogP contribution is -2.53. The van der Waals surface area contributed by atoms with Crippen LogP contribution in [0.5, 0.6) is 5.75 Å². The van der Waals surface area contributed by atoms with Crippen molar-refractivity contribution in [3.05, 3.63) is 65.4 Å². The summed E-state index contributed by atoms with van der Waals surface area (Å²) in [6, 6.07) is 12.7. The fourth-order valence-electron chi connectivity index (χ4n) is 3.18. The standard InChI is InChI=1S/C18H17BN2O4/c22-10-14-3-1-2-12-9-16(19(24)25-17(12)14)21-18(23)13-4-5-15-11(8-13)6-7-20-15/h1-8,16,20,22,24H,9-10H2,(H,21,23)/t16-/m0/s1. The average Bonchev–Trinajstić information content (AvgIpc) is 3.09. The Bertz CT molecular complexity index is 940. The van der Waals surface area contributed by atoms with E-state index in [2.05, 4.69) is 10.3 Å². The molecule has 7 heteroatoms. The molecule has 0 spiro atoms. The number of fused-ring (bicyclic) bond motifs is 2. The summed E-state index contributed by atoms with van der Waals surface area (Å²) in [6.45, 7) is -0.163. The topological polar surface area (TPSA) is 94.6 Å². The molecule has 126 valence electrons. The summed E-state index contributed by atoms with van der Waals surface area (Å²) in [4.78, 5) is 15.6. The molecule has 3 aromatic rings. The quantitative estimate of drug-likeness (QED) is 0.544. The average molecular weight is 336 g/mol. The first-order chi connectivity index (χ1) is 12.2.